The molecule has 0 saturated carbocycles. The van der Waals surface area contributed by atoms with E-state index in [0.717, 1.165) is 0 Å². The molecule has 0 aliphatic rings. The number of carbonyl (C=O) groups is 1. The van der Waals surface area contributed by atoms with Crippen LogP contribution < -0.4 is 64.4 Å². The molecule has 0 N–H and O–H groups in total. The van der Waals surface area contributed by atoms with Gasteiger partial charge >= 0.3 is 101 Å². The minimum absolute atomic E-state index is 0. The van der Waals surface area contributed by atoms with E-state index in [9.17, 15) is 0 Å². The van der Waals surface area contributed by atoms with Gasteiger partial charge in [-0.15, -0.1) is 24.0 Å². The molecule has 0 aliphatic heterocycles. The summed E-state index contributed by atoms with van der Waals surface area (Å²) in [5.74, 6) is 0. The summed E-state index contributed by atoms with van der Waals surface area (Å²) in [5, 5.41) is 8.43. The molecule has 0 bridgehead atoms. The van der Waals surface area contributed by atoms with Crippen molar-refractivity contribution in [3.05, 3.63) is 0 Å². The van der Waals surface area contributed by atoms with E-state index in [1.54, 1.807) is 0 Å². The second-order valence-corrected chi connectivity index (χ2v) is 10.7. The third kappa shape index (κ3) is 85.2. The first kappa shape index (κ1) is 29.3. The minimum atomic E-state index is -1.92. The van der Waals surface area contributed by atoms with Crippen molar-refractivity contribution in [3.8, 4) is 0 Å². The van der Waals surface area contributed by atoms with Gasteiger partial charge in [0.15, 0.2) is 0 Å². The van der Waals surface area contributed by atoms with E-state index in [1.165, 1.54) is 0 Å². The summed E-state index contributed by atoms with van der Waals surface area (Å²) in [7, 11) is 14.9. The van der Waals surface area contributed by atoms with Gasteiger partial charge in [0.25, 0.3) is 6.47 Å². The van der Waals surface area contributed by atoms with Crippen molar-refractivity contribution in [3.63, 3.8) is 0 Å². The van der Waals surface area contributed by atoms with Gasteiger partial charge in [0.05, 0.1) is 0 Å². The zero-order valence-electron chi connectivity index (χ0n) is 6.68. The monoisotopic (exact) mass is 534 g/mol. The van der Waals surface area contributed by atoms with Crippen molar-refractivity contribution in [1.29, 1.82) is 0 Å². The van der Waals surface area contributed by atoms with Gasteiger partial charge in [0, 0.05) is 0 Å². The summed E-state index contributed by atoms with van der Waals surface area (Å²) < 4.78 is 0. The van der Waals surface area contributed by atoms with Crippen molar-refractivity contribution in [1.82, 2.24) is 0 Å². The Hall–Kier alpha value is 3.68. The van der Waals surface area contributed by atoms with Crippen LogP contribution >= 0.6 is 52.7 Å². The van der Waals surface area contributed by atoms with Gasteiger partial charge in [-0.1, -0.05) is 0 Å². The molecule has 64 valence electrons. The minimum Gasteiger partial charge on any atom is -1.00 e. The number of rotatable bonds is 1. The molecule has 0 aromatic heterocycles. The van der Waals surface area contributed by atoms with Crippen LogP contribution in [0.25, 0.3) is 0 Å². The first-order chi connectivity index (χ1) is 3.65. The smallest absolute Gasteiger partial charge is 1.00 e. The van der Waals surface area contributed by atoms with Crippen LogP contribution in [-0.4, -0.2) is 6.47 Å². The molecular formula is CH3Cl3IIrNa2O3. The van der Waals surface area contributed by atoms with E-state index in [0.29, 0.717) is 0 Å². The first-order valence-corrected chi connectivity index (χ1v) is 9.92. The molecule has 0 saturated heterocycles. The zero-order valence-corrected chi connectivity index (χ0v) is 16.7. The summed E-state index contributed by atoms with van der Waals surface area (Å²) in [4.78, 5) is 11.2. The molecule has 0 rings (SSSR count). The molecule has 3 nitrogen and oxygen atoms in total. The predicted molar refractivity (Wildman–Crippen MR) is 41.2 cm³/mol. The molecule has 0 unspecified atom stereocenters. The van der Waals surface area contributed by atoms with Crippen LogP contribution in [-0.2, 0) is 23.1 Å². The fourth-order valence-electron chi connectivity index (χ4n) is 0. The molecule has 0 amide bonds. The number of hydrogen-bond donors (Lipinski definition) is 0. The SMILES string of the molecule is I.O=CO[O-].[Cl][Ir]([Cl])[Cl].[H-].[Na+].[Na+]. The van der Waals surface area contributed by atoms with Crippen molar-refractivity contribution >= 4 is 59.2 Å². The molecule has 10 heteroatoms. The van der Waals surface area contributed by atoms with E-state index >= 15 is 0 Å². The average molecular weight is 534 g/mol. The number of hydrogen-bond acceptors (Lipinski definition) is 3. The average Bonchev–Trinajstić information content (AvgIpc) is 1.65. The molecule has 0 radical (unpaired) electrons. The Morgan fingerprint density at radius 1 is 1.36 bits per heavy atom. The Bertz CT molecular complexity index is 64.1. The van der Waals surface area contributed by atoms with Crippen molar-refractivity contribution < 1.29 is 88.9 Å². The summed E-state index contributed by atoms with van der Waals surface area (Å²) in [6, 6.07) is 0. The molecule has 0 atom stereocenters. The van der Waals surface area contributed by atoms with Gasteiger partial charge < -0.3 is 11.6 Å². The molecule has 0 spiro atoms. The normalized spacial score (nSPS) is 6.00. The van der Waals surface area contributed by atoms with E-state index in [2.05, 4.69) is 4.89 Å². The fraction of sp³-hybridized carbons (Fsp3) is 0. The van der Waals surface area contributed by atoms with Gasteiger partial charge in [-0.05, 0) is 0 Å². The van der Waals surface area contributed by atoms with E-state index in [1.807, 2.05) is 0 Å². The Kier molecular flexibility index (Phi) is 77.8. The summed E-state index contributed by atoms with van der Waals surface area (Å²) in [6.45, 7) is -0.181. The van der Waals surface area contributed by atoms with Gasteiger partial charge in [0.1, 0.15) is 0 Å². The van der Waals surface area contributed by atoms with Gasteiger partial charge in [-0.25, -0.2) is 0 Å². The third-order valence-corrected chi connectivity index (χ3v) is 0.0393. The van der Waals surface area contributed by atoms with Crippen molar-refractivity contribution in [2.45, 2.75) is 0 Å². The Labute approximate surface area is 145 Å². The molecule has 0 aromatic rings. The van der Waals surface area contributed by atoms with Crippen LogP contribution in [0, 0.1) is 0 Å². The van der Waals surface area contributed by atoms with Gasteiger partial charge in [-0.3, -0.25) is 4.79 Å². The van der Waals surface area contributed by atoms with Crippen molar-refractivity contribution in [2.75, 3.05) is 0 Å². The quantitative estimate of drug-likeness (QED) is 0.112. The van der Waals surface area contributed by atoms with Crippen LogP contribution in [0.3, 0.4) is 0 Å². The number of halogens is 4. The Morgan fingerprint density at radius 3 is 1.45 bits per heavy atom. The van der Waals surface area contributed by atoms with Gasteiger partial charge in [-0.2, -0.15) is 0 Å². The van der Waals surface area contributed by atoms with Crippen LogP contribution in [0.1, 0.15) is 1.43 Å². The Morgan fingerprint density at radius 2 is 1.45 bits per heavy atom. The third-order valence-electron chi connectivity index (χ3n) is 0.0393. The van der Waals surface area contributed by atoms with Crippen molar-refractivity contribution in [2.24, 2.45) is 0 Å². The largest absolute Gasteiger partial charge is 1.00 e. The zero-order chi connectivity index (χ0) is 6.99. The molecular weight excluding hydrogens is 531 g/mol. The second-order valence-electron chi connectivity index (χ2n) is 0.335. The van der Waals surface area contributed by atoms with E-state index in [-0.39, 0.29) is 91.0 Å². The fourth-order valence-corrected chi connectivity index (χ4v) is 0. The summed E-state index contributed by atoms with van der Waals surface area (Å²) in [5.41, 5.74) is 0. The molecule has 0 fully saturated rings. The molecule has 0 aliphatic carbocycles. The predicted octanol–water partition coefficient (Wildman–Crippen LogP) is -4.76. The number of carbonyl (C=O) groups excluding carboxylic acids is 1. The summed E-state index contributed by atoms with van der Waals surface area (Å²) >= 11 is -1.92. The molecule has 11 heavy (non-hydrogen) atoms. The van der Waals surface area contributed by atoms with Gasteiger partial charge in [0.2, 0.25) is 0 Å². The summed E-state index contributed by atoms with van der Waals surface area (Å²) in [6.07, 6.45) is 0. The standard InChI is InChI=1S/CH2O3.3ClH.HI.Ir.2Na.H/c2-1-4-3;;;;;;;;/h1,3H;4*1H;;;;/q;;;;;+3;2*+1;-1/p-4. The maximum absolute atomic E-state index is 8.64. The topological polar surface area (TPSA) is 49.4 Å². The second kappa shape index (κ2) is 29.2. The van der Waals surface area contributed by atoms with Crippen LogP contribution in [0.4, 0.5) is 0 Å². The maximum Gasteiger partial charge on any atom is 1.00 e. The molecule has 0 aromatic carbocycles. The van der Waals surface area contributed by atoms with Crippen LogP contribution in [0.5, 0.6) is 0 Å². The van der Waals surface area contributed by atoms with E-state index in [4.69, 9.17) is 38.8 Å². The molecule has 0 heterocycles. The van der Waals surface area contributed by atoms with Crippen LogP contribution in [0.15, 0.2) is 0 Å². The van der Waals surface area contributed by atoms with E-state index < -0.39 is 13.5 Å². The van der Waals surface area contributed by atoms with Crippen LogP contribution in [0.2, 0.25) is 0 Å². The Balaban J connectivity index is -0.0000000112. The first-order valence-electron chi connectivity index (χ1n) is 1.02. The maximum atomic E-state index is 8.64.